The summed E-state index contributed by atoms with van der Waals surface area (Å²) in [7, 11) is 0. The summed E-state index contributed by atoms with van der Waals surface area (Å²) in [6.45, 7) is 9.02. The van der Waals surface area contributed by atoms with Crippen molar-refractivity contribution in [2.75, 3.05) is 13.2 Å². The second-order valence-corrected chi connectivity index (χ2v) is 10.8. The molecule has 2 aliphatic carbocycles. The van der Waals surface area contributed by atoms with Crippen molar-refractivity contribution in [1.29, 1.82) is 0 Å². The molecule has 6 atom stereocenters. The molecule has 0 aromatic carbocycles. The lowest BCUT2D eigenvalue weighted by Gasteiger charge is -2.21. The van der Waals surface area contributed by atoms with Gasteiger partial charge in [0, 0.05) is 13.0 Å². The Morgan fingerprint density at radius 2 is 1.35 bits per heavy atom. The first kappa shape index (κ1) is 31.1. The molecule has 5 nitrogen and oxygen atoms in total. The monoisotopic (exact) mass is 482 g/mol. The molecule has 0 heterocycles. The second-order valence-electron chi connectivity index (χ2n) is 10.8. The van der Waals surface area contributed by atoms with Gasteiger partial charge >= 0.3 is 5.97 Å². The number of unbranched alkanes of at least 4 members (excludes halogenated alkanes) is 4. The molecule has 0 aromatic rings. The fourth-order valence-corrected chi connectivity index (χ4v) is 5.72. The van der Waals surface area contributed by atoms with Crippen molar-refractivity contribution < 1.29 is 24.9 Å². The molecular weight excluding hydrogens is 428 g/mol. The Kier molecular flexibility index (Phi) is 16.8. The van der Waals surface area contributed by atoms with Crippen LogP contribution < -0.4 is 0 Å². The van der Waals surface area contributed by atoms with Crippen LogP contribution in [0.3, 0.4) is 0 Å². The van der Waals surface area contributed by atoms with Crippen molar-refractivity contribution in [1.82, 2.24) is 0 Å². The maximum Gasteiger partial charge on any atom is 0.306 e. The number of hydrogen-bond acceptors (Lipinski definition) is 5. The minimum absolute atomic E-state index is 0.0941. The van der Waals surface area contributed by atoms with E-state index < -0.39 is 0 Å². The summed E-state index contributed by atoms with van der Waals surface area (Å²) >= 11 is 0. The molecule has 0 amide bonds. The number of rotatable bonds is 14. The van der Waals surface area contributed by atoms with E-state index >= 15 is 0 Å². The van der Waals surface area contributed by atoms with Crippen molar-refractivity contribution in [2.24, 2.45) is 23.7 Å². The number of carbonyl (C=O) groups is 1. The van der Waals surface area contributed by atoms with Crippen LogP contribution in [0.5, 0.6) is 0 Å². The van der Waals surface area contributed by atoms with E-state index in [0.29, 0.717) is 30.8 Å². The van der Waals surface area contributed by atoms with E-state index in [9.17, 15) is 15.0 Å². The fraction of sp³-hybridized carbons (Fsp3) is 0.897. The lowest BCUT2D eigenvalue weighted by molar-refractivity contribution is -0.144. The van der Waals surface area contributed by atoms with Crippen LogP contribution in [0.4, 0.5) is 0 Å². The second kappa shape index (κ2) is 18.4. The molecule has 0 aliphatic heterocycles. The Morgan fingerprint density at radius 3 is 1.85 bits per heavy atom. The smallest absolute Gasteiger partial charge is 0.306 e. The fourth-order valence-electron chi connectivity index (χ4n) is 5.72. The van der Waals surface area contributed by atoms with Crippen LogP contribution in [-0.4, -0.2) is 46.7 Å². The first-order chi connectivity index (χ1) is 16.3. The summed E-state index contributed by atoms with van der Waals surface area (Å²) in [5.41, 5.74) is 1.16. The summed E-state index contributed by atoms with van der Waals surface area (Å²) in [4.78, 5) is 11.8. The molecule has 5 heteroatoms. The molecule has 2 rings (SSSR count). The van der Waals surface area contributed by atoms with Gasteiger partial charge in [-0.05, 0) is 88.5 Å². The van der Waals surface area contributed by atoms with Crippen molar-refractivity contribution in [2.45, 2.75) is 130 Å². The van der Waals surface area contributed by atoms with Crippen LogP contribution in [0.2, 0.25) is 0 Å². The predicted octanol–water partition coefficient (Wildman–Crippen LogP) is 6.19. The quantitative estimate of drug-likeness (QED) is 0.156. The zero-order valence-corrected chi connectivity index (χ0v) is 22.5. The largest absolute Gasteiger partial charge is 0.461 e. The summed E-state index contributed by atoms with van der Waals surface area (Å²) < 4.78 is 5.23. The molecule has 0 spiro atoms. The van der Waals surface area contributed by atoms with E-state index in [-0.39, 0.29) is 30.7 Å². The van der Waals surface area contributed by atoms with Gasteiger partial charge in [0.1, 0.15) is 6.61 Å². The molecule has 2 saturated carbocycles. The van der Waals surface area contributed by atoms with Crippen molar-refractivity contribution >= 4 is 5.97 Å². The van der Waals surface area contributed by atoms with Crippen LogP contribution in [0, 0.1) is 23.7 Å². The minimum atomic E-state index is -0.220. The van der Waals surface area contributed by atoms with Crippen LogP contribution in [0.25, 0.3) is 0 Å². The Labute approximate surface area is 209 Å². The molecule has 34 heavy (non-hydrogen) atoms. The van der Waals surface area contributed by atoms with Crippen molar-refractivity contribution in [3.8, 4) is 0 Å². The number of ether oxygens (including phenoxy) is 1. The van der Waals surface area contributed by atoms with E-state index in [1.165, 1.54) is 32.1 Å². The third-order valence-corrected chi connectivity index (χ3v) is 7.81. The van der Waals surface area contributed by atoms with Crippen molar-refractivity contribution in [3.63, 3.8) is 0 Å². The number of hydrogen-bond donors (Lipinski definition) is 3. The zero-order chi connectivity index (χ0) is 25.3. The third-order valence-electron chi connectivity index (χ3n) is 7.81. The Morgan fingerprint density at radius 1 is 0.824 bits per heavy atom. The van der Waals surface area contributed by atoms with Crippen LogP contribution in [0.15, 0.2) is 11.6 Å². The zero-order valence-electron chi connectivity index (χ0n) is 22.5. The van der Waals surface area contributed by atoms with Gasteiger partial charge in [-0.15, -0.1) is 0 Å². The number of aliphatic hydroxyl groups excluding tert-OH is 3. The van der Waals surface area contributed by atoms with Gasteiger partial charge in [-0.2, -0.15) is 0 Å². The van der Waals surface area contributed by atoms with Gasteiger partial charge in [-0.25, -0.2) is 0 Å². The number of allylic oxidation sites excluding steroid dienone is 1. The average Bonchev–Trinajstić information content (AvgIpc) is 3.31. The normalized spacial score (nSPS) is 28.3. The number of esters is 1. The van der Waals surface area contributed by atoms with Crippen LogP contribution in [0.1, 0.15) is 118 Å². The van der Waals surface area contributed by atoms with E-state index in [1.807, 2.05) is 19.9 Å². The molecule has 0 radical (unpaired) electrons. The van der Waals surface area contributed by atoms with E-state index in [4.69, 9.17) is 9.84 Å². The first-order valence-electron chi connectivity index (χ1n) is 14.1. The van der Waals surface area contributed by atoms with Gasteiger partial charge in [0.05, 0.1) is 12.2 Å². The SMILES string of the molecule is CCCCCC1C(O)CCC1CC(=O)OCC=C(C)C.CCCCCC1C(O)CCC1CCO. The van der Waals surface area contributed by atoms with E-state index in [1.54, 1.807) is 0 Å². The Hall–Kier alpha value is -0.910. The highest BCUT2D eigenvalue weighted by atomic mass is 16.5. The van der Waals surface area contributed by atoms with Crippen LogP contribution >= 0.6 is 0 Å². The van der Waals surface area contributed by atoms with Crippen molar-refractivity contribution in [3.05, 3.63) is 11.6 Å². The lowest BCUT2D eigenvalue weighted by atomic mass is 9.87. The molecule has 2 aliphatic rings. The molecule has 6 unspecified atom stereocenters. The van der Waals surface area contributed by atoms with E-state index in [2.05, 4.69) is 13.8 Å². The topological polar surface area (TPSA) is 87.0 Å². The van der Waals surface area contributed by atoms with Crippen LogP contribution in [-0.2, 0) is 9.53 Å². The average molecular weight is 483 g/mol. The Balaban J connectivity index is 0.000000362. The molecule has 0 aromatic heterocycles. The minimum Gasteiger partial charge on any atom is -0.461 e. The highest BCUT2D eigenvalue weighted by Crippen LogP contribution is 2.38. The summed E-state index contributed by atoms with van der Waals surface area (Å²) in [6.07, 6.45) is 16.3. The first-order valence-corrected chi connectivity index (χ1v) is 14.1. The highest BCUT2D eigenvalue weighted by Gasteiger charge is 2.36. The number of carbonyl (C=O) groups excluding carboxylic acids is 1. The maximum absolute atomic E-state index is 11.8. The Bertz CT molecular complexity index is 555. The summed E-state index contributed by atoms with van der Waals surface area (Å²) in [5.74, 6) is 1.52. The molecular formula is C29H54O5. The number of aliphatic hydroxyl groups is 3. The van der Waals surface area contributed by atoms with Gasteiger partial charge < -0.3 is 20.1 Å². The molecule has 0 saturated heterocycles. The van der Waals surface area contributed by atoms with Gasteiger partial charge in [0.15, 0.2) is 0 Å². The summed E-state index contributed by atoms with van der Waals surface area (Å²) in [6, 6.07) is 0. The van der Waals surface area contributed by atoms with Gasteiger partial charge in [-0.3, -0.25) is 4.79 Å². The lowest BCUT2D eigenvalue weighted by Crippen LogP contribution is -2.22. The summed E-state index contributed by atoms with van der Waals surface area (Å²) in [5, 5.41) is 28.8. The van der Waals surface area contributed by atoms with Gasteiger partial charge in [0.2, 0.25) is 0 Å². The predicted molar refractivity (Wildman–Crippen MR) is 139 cm³/mol. The van der Waals surface area contributed by atoms with Gasteiger partial charge in [0.25, 0.3) is 0 Å². The molecule has 200 valence electrons. The standard InChI is InChI=1S/C17H30O3.C12H24O2/c1-4-5-6-7-15-14(8-9-16(15)18)12-17(19)20-11-10-13(2)3;1-2-3-4-5-11-10(8-9-13)6-7-12(11)14/h10,14-16,18H,4-9,11-12H2,1-3H3;10-14H,2-9H2,1H3. The van der Waals surface area contributed by atoms with Gasteiger partial charge in [-0.1, -0.05) is 57.9 Å². The highest BCUT2D eigenvalue weighted by molar-refractivity contribution is 5.69. The maximum atomic E-state index is 11.8. The van der Waals surface area contributed by atoms with E-state index in [0.717, 1.165) is 56.9 Å². The third kappa shape index (κ3) is 12.2. The molecule has 3 N–H and O–H groups in total. The molecule has 2 fully saturated rings. The molecule has 0 bridgehead atoms.